The largest absolute Gasteiger partial charge is 0.417 e. The van der Waals surface area contributed by atoms with Crippen molar-refractivity contribution >= 4 is 51.9 Å². The SMILES string of the molecule is O=[N+]([O-])c1c(Nc2ccc(Cl)cc2)ncnc1Nc1ccc(Cl)c(C(F)(F)F)c1. The molecule has 0 atom stereocenters. The second-order valence-electron chi connectivity index (χ2n) is 5.63. The summed E-state index contributed by atoms with van der Waals surface area (Å²) in [4.78, 5) is 18.5. The van der Waals surface area contributed by atoms with Crippen molar-refractivity contribution in [3.8, 4) is 0 Å². The van der Waals surface area contributed by atoms with Crippen LogP contribution in [0.4, 0.5) is 41.9 Å². The third kappa shape index (κ3) is 4.84. The molecule has 0 unspecified atom stereocenters. The number of hydrogen-bond acceptors (Lipinski definition) is 6. The number of nitrogens with zero attached hydrogens (tertiary/aromatic N) is 3. The lowest BCUT2D eigenvalue weighted by Gasteiger charge is -2.13. The first kappa shape index (κ1) is 20.6. The zero-order chi connectivity index (χ0) is 21.2. The topological polar surface area (TPSA) is 93.0 Å². The lowest BCUT2D eigenvalue weighted by molar-refractivity contribution is -0.383. The monoisotopic (exact) mass is 443 g/mol. The Morgan fingerprint density at radius 3 is 2.03 bits per heavy atom. The van der Waals surface area contributed by atoms with Crippen LogP contribution in [0.25, 0.3) is 0 Å². The van der Waals surface area contributed by atoms with Crippen LogP contribution in [0.1, 0.15) is 5.56 Å². The van der Waals surface area contributed by atoms with Crippen LogP contribution in [0.3, 0.4) is 0 Å². The second kappa shape index (κ2) is 8.10. The van der Waals surface area contributed by atoms with Gasteiger partial charge in [-0.25, -0.2) is 9.97 Å². The highest BCUT2D eigenvalue weighted by atomic mass is 35.5. The molecule has 0 bridgehead atoms. The second-order valence-corrected chi connectivity index (χ2v) is 6.47. The molecular formula is C17H10Cl2F3N5O2. The van der Waals surface area contributed by atoms with E-state index in [0.29, 0.717) is 10.7 Å². The molecular weight excluding hydrogens is 434 g/mol. The van der Waals surface area contributed by atoms with Crippen molar-refractivity contribution in [1.29, 1.82) is 0 Å². The molecule has 3 aromatic rings. The van der Waals surface area contributed by atoms with Gasteiger partial charge in [-0.05, 0) is 42.5 Å². The van der Waals surface area contributed by atoms with Crippen LogP contribution >= 0.6 is 23.2 Å². The zero-order valence-electron chi connectivity index (χ0n) is 14.2. The minimum absolute atomic E-state index is 0.0824. The number of benzene rings is 2. The summed E-state index contributed by atoms with van der Waals surface area (Å²) in [6.07, 6.45) is -3.65. The molecule has 3 rings (SSSR count). The van der Waals surface area contributed by atoms with Gasteiger partial charge < -0.3 is 10.6 Å². The summed E-state index contributed by atoms with van der Waals surface area (Å²) in [6.45, 7) is 0. The van der Waals surface area contributed by atoms with Gasteiger partial charge in [0.2, 0.25) is 11.6 Å². The zero-order valence-corrected chi connectivity index (χ0v) is 15.7. The first-order valence-electron chi connectivity index (χ1n) is 7.81. The molecule has 0 aliphatic heterocycles. The lowest BCUT2D eigenvalue weighted by Crippen LogP contribution is -2.08. The van der Waals surface area contributed by atoms with Gasteiger partial charge >= 0.3 is 11.9 Å². The number of anilines is 4. The van der Waals surface area contributed by atoms with E-state index in [9.17, 15) is 23.3 Å². The number of aromatic nitrogens is 2. The van der Waals surface area contributed by atoms with Crippen LogP contribution in [0.2, 0.25) is 10.0 Å². The van der Waals surface area contributed by atoms with Crippen LogP contribution in [0.5, 0.6) is 0 Å². The molecule has 1 heterocycles. The molecule has 0 fully saturated rings. The van der Waals surface area contributed by atoms with E-state index in [1.165, 1.54) is 6.07 Å². The minimum Gasteiger partial charge on any atom is -0.334 e. The molecule has 0 spiro atoms. The number of nitrogens with one attached hydrogen (secondary N) is 2. The van der Waals surface area contributed by atoms with Gasteiger partial charge in [0.25, 0.3) is 0 Å². The Morgan fingerprint density at radius 2 is 1.48 bits per heavy atom. The van der Waals surface area contributed by atoms with Crippen molar-refractivity contribution in [2.24, 2.45) is 0 Å². The fraction of sp³-hybridized carbons (Fsp3) is 0.0588. The molecule has 0 saturated carbocycles. The minimum atomic E-state index is -4.69. The van der Waals surface area contributed by atoms with Gasteiger partial charge in [-0.15, -0.1) is 0 Å². The van der Waals surface area contributed by atoms with Crippen LogP contribution in [0.15, 0.2) is 48.8 Å². The van der Waals surface area contributed by atoms with Gasteiger partial charge in [0.05, 0.1) is 15.5 Å². The van der Waals surface area contributed by atoms with Gasteiger partial charge in [-0.3, -0.25) is 10.1 Å². The maximum absolute atomic E-state index is 13.0. The van der Waals surface area contributed by atoms with Crippen molar-refractivity contribution < 1.29 is 18.1 Å². The standard InChI is InChI=1S/C17H10Cl2F3N5O2/c18-9-1-3-10(4-2-9)25-15-14(27(28)29)16(24-8-23-15)26-11-5-6-13(19)12(7-11)17(20,21)22/h1-8H,(H2,23,24,25,26). The average Bonchev–Trinajstić information content (AvgIpc) is 2.64. The van der Waals surface area contributed by atoms with Crippen LogP contribution in [0, 0.1) is 10.1 Å². The fourth-order valence-electron chi connectivity index (χ4n) is 2.36. The number of halogens is 5. The number of rotatable bonds is 5. The highest BCUT2D eigenvalue weighted by molar-refractivity contribution is 6.31. The molecule has 0 saturated heterocycles. The average molecular weight is 444 g/mol. The smallest absolute Gasteiger partial charge is 0.334 e. The molecule has 2 N–H and O–H groups in total. The fourth-order valence-corrected chi connectivity index (χ4v) is 2.71. The molecule has 150 valence electrons. The van der Waals surface area contributed by atoms with Gasteiger partial charge in [0, 0.05) is 16.4 Å². The molecule has 2 aromatic carbocycles. The molecule has 1 aromatic heterocycles. The Balaban J connectivity index is 1.98. The Kier molecular flexibility index (Phi) is 5.76. The van der Waals surface area contributed by atoms with Crippen molar-refractivity contribution in [1.82, 2.24) is 9.97 Å². The first-order valence-corrected chi connectivity index (χ1v) is 8.56. The van der Waals surface area contributed by atoms with E-state index in [2.05, 4.69) is 20.6 Å². The first-order chi connectivity index (χ1) is 13.6. The predicted octanol–water partition coefficient (Wildman–Crippen LogP) is 6.20. The molecule has 29 heavy (non-hydrogen) atoms. The normalized spacial score (nSPS) is 11.2. The highest BCUT2D eigenvalue weighted by Crippen LogP contribution is 2.38. The number of hydrogen-bond donors (Lipinski definition) is 2. The third-order valence-corrected chi connectivity index (χ3v) is 4.23. The van der Waals surface area contributed by atoms with Crippen molar-refractivity contribution in [2.75, 3.05) is 10.6 Å². The van der Waals surface area contributed by atoms with Gasteiger partial charge in [0.15, 0.2) is 0 Å². The molecule has 12 heteroatoms. The molecule has 0 aliphatic rings. The lowest BCUT2D eigenvalue weighted by atomic mass is 10.2. The summed E-state index contributed by atoms with van der Waals surface area (Å²) in [5, 5.41) is 16.8. The van der Waals surface area contributed by atoms with Gasteiger partial charge in [-0.1, -0.05) is 23.2 Å². The quantitative estimate of drug-likeness (QED) is 0.360. The maximum Gasteiger partial charge on any atom is 0.417 e. The molecule has 0 amide bonds. The maximum atomic E-state index is 13.0. The Morgan fingerprint density at radius 1 is 0.931 bits per heavy atom. The Labute approximate surface area is 171 Å². The molecule has 7 nitrogen and oxygen atoms in total. The summed E-state index contributed by atoms with van der Waals surface area (Å²) < 4.78 is 39.1. The van der Waals surface area contributed by atoms with Crippen LogP contribution in [-0.4, -0.2) is 14.9 Å². The summed E-state index contributed by atoms with van der Waals surface area (Å²) in [5.74, 6) is -0.447. The number of alkyl halides is 3. The summed E-state index contributed by atoms with van der Waals surface area (Å²) in [6, 6.07) is 9.32. The van der Waals surface area contributed by atoms with E-state index in [1.54, 1.807) is 24.3 Å². The number of nitro groups is 1. The van der Waals surface area contributed by atoms with E-state index in [0.717, 1.165) is 18.5 Å². The van der Waals surface area contributed by atoms with E-state index in [1.807, 2.05) is 0 Å². The van der Waals surface area contributed by atoms with Gasteiger partial charge in [0.1, 0.15) is 6.33 Å². The van der Waals surface area contributed by atoms with Crippen molar-refractivity contribution in [3.63, 3.8) is 0 Å². The highest BCUT2D eigenvalue weighted by Gasteiger charge is 2.33. The summed E-state index contributed by atoms with van der Waals surface area (Å²) >= 11 is 11.4. The van der Waals surface area contributed by atoms with Crippen molar-refractivity contribution in [2.45, 2.75) is 6.18 Å². The van der Waals surface area contributed by atoms with E-state index in [4.69, 9.17) is 23.2 Å². The van der Waals surface area contributed by atoms with E-state index in [-0.39, 0.29) is 17.3 Å². The summed E-state index contributed by atoms with van der Waals surface area (Å²) in [5.41, 5.74) is -1.25. The Bertz CT molecular complexity index is 1060. The predicted molar refractivity (Wildman–Crippen MR) is 103 cm³/mol. The van der Waals surface area contributed by atoms with Crippen molar-refractivity contribution in [3.05, 3.63) is 74.5 Å². The van der Waals surface area contributed by atoms with Gasteiger partial charge in [-0.2, -0.15) is 13.2 Å². The molecule has 0 radical (unpaired) electrons. The Hall–Kier alpha value is -3.11. The molecule has 0 aliphatic carbocycles. The van der Waals surface area contributed by atoms with Crippen LogP contribution in [-0.2, 0) is 6.18 Å². The van der Waals surface area contributed by atoms with E-state index < -0.39 is 27.4 Å². The summed E-state index contributed by atoms with van der Waals surface area (Å²) in [7, 11) is 0. The van der Waals surface area contributed by atoms with Crippen LogP contribution < -0.4 is 10.6 Å². The third-order valence-electron chi connectivity index (χ3n) is 3.65. The van der Waals surface area contributed by atoms with E-state index >= 15 is 0 Å².